The molecule has 1 saturated heterocycles. The Labute approximate surface area is 211 Å². The van der Waals surface area contributed by atoms with Gasteiger partial charge in [-0.1, -0.05) is 72.8 Å². The summed E-state index contributed by atoms with van der Waals surface area (Å²) in [5.74, 6) is 0.784. The van der Waals surface area contributed by atoms with Gasteiger partial charge in [0.25, 0.3) is 0 Å². The molecule has 5 rings (SSSR count). The summed E-state index contributed by atoms with van der Waals surface area (Å²) in [5, 5.41) is 11.4. The van der Waals surface area contributed by atoms with Crippen molar-refractivity contribution in [3.05, 3.63) is 102 Å². The van der Waals surface area contributed by atoms with Crippen molar-refractivity contribution in [1.29, 1.82) is 0 Å². The van der Waals surface area contributed by atoms with E-state index < -0.39 is 36.6 Å². The van der Waals surface area contributed by atoms with Crippen LogP contribution in [0.4, 0.5) is 0 Å². The van der Waals surface area contributed by atoms with E-state index in [9.17, 15) is 5.11 Å². The van der Waals surface area contributed by atoms with Gasteiger partial charge in [0.1, 0.15) is 49.2 Å². The molecular formula is C29H32O7. The fourth-order valence-electron chi connectivity index (χ4n) is 4.74. The summed E-state index contributed by atoms with van der Waals surface area (Å²) in [5.41, 5.74) is 3.01. The molecule has 2 aliphatic rings. The van der Waals surface area contributed by atoms with Crippen molar-refractivity contribution in [2.75, 3.05) is 13.9 Å². The molecule has 1 N–H and O–H groups in total. The average Bonchev–Trinajstić information content (AvgIpc) is 2.93. The average molecular weight is 493 g/mol. The standard InChI is InChI=1S/C29H32O7/c1-31-23-14-12-22(13-15-23)18-34-29-27-25(32-16-20-8-4-2-5-9-20)24(30)26(28(29)36-19-35-27)33-17-21-10-6-3-7-11-21/h2-15,24-30H,16-19H2,1H3/t24?,25-,26+,27+,28-,29?. The van der Waals surface area contributed by atoms with Gasteiger partial charge in [-0.3, -0.25) is 0 Å². The zero-order chi connectivity index (χ0) is 24.7. The fraction of sp³-hybridized carbons (Fsp3) is 0.379. The lowest BCUT2D eigenvalue weighted by molar-refractivity contribution is -0.339. The first kappa shape index (κ1) is 24.9. The molecule has 0 spiro atoms. The molecule has 190 valence electrons. The maximum Gasteiger partial charge on any atom is 0.148 e. The third-order valence-corrected chi connectivity index (χ3v) is 6.66. The summed E-state index contributed by atoms with van der Waals surface area (Å²) in [6.45, 7) is 1.11. The predicted molar refractivity (Wildman–Crippen MR) is 132 cm³/mol. The smallest absolute Gasteiger partial charge is 0.148 e. The number of methoxy groups -OCH3 is 1. The third kappa shape index (κ3) is 5.78. The van der Waals surface area contributed by atoms with E-state index in [4.69, 9.17) is 28.4 Å². The van der Waals surface area contributed by atoms with Gasteiger partial charge in [-0.15, -0.1) is 0 Å². The van der Waals surface area contributed by atoms with Crippen LogP contribution in [0.15, 0.2) is 84.9 Å². The van der Waals surface area contributed by atoms with Crippen molar-refractivity contribution in [3.63, 3.8) is 0 Å². The normalized spacial score (nSPS) is 27.5. The van der Waals surface area contributed by atoms with Gasteiger partial charge in [-0.25, -0.2) is 0 Å². The highest BCUT2D eigenvalue weighted by atomic mass is 16.7. The topological polar surface area (TPSA) is 75.6 Å². The molecule has 1 saturated carbocycles. The van der Waals surface area contributed by atoms with Gasteiger partial charge in [0.2, 0.25) is 0 Å². The number of rotatable bonds is 10. The summed E-state index contributed by atoms with van der Waals surface area (Å²) < 4.78 is 36.0. The van der Waals surface area contributed by atoms with E-state index in [0.29, 0.717) is 19.8 Å². The molecule has 6 atom stereocenters. The molecule has 1 aliphatic carbocycles. The SMILES string of the molecule is COc1ccc(COC2[C@H]3OCO[C@@H]2[C@@H](OCc2ccccc2)C(O)[C@H]3OCc2ccccc2)cc1. The van der Waals surface area contributed by atoms with Crippen LogP contribution in [0, 0.1) is 0 Å². The van der Waals surface area contributed by atoms with E-state index in [1.807, 2.05) is 84.9 Å². The lowest BCUT2D eigenvalue weighted by Crippen LogP contribution is -2.69. The van der Waals surface area contributed by atoms with Crippen molar-refractivity contribution in [2.24, 2.45) is 0 Å². The Bertz CT molecular complexity index is 1000. The summed E-state index contributed by atoms with van der Waals surface area (Å²) >= 11 is 0. The van der Waals surface area contributed by atoms with Crippen molar-refractivity contribution in [3.8, 4) is 5.75 Å². The number of hydrogen-bond acceptors (Lipinski definition) is 7. The lowest BCUT2D eigenvalue weighted by Gasteiger charge is -2.51. The number of aliphatic hydroxyl groups excluding tert-OH is 1. The van der Waals surface area contributed by atoms with Crippen molar-refractivity contribution in [2.45, 2.75) is 56.4 Å². The molecule has 7 nitrogen and oxygen atoms in total. The lowest BCUT2D eigenvalue weighted by atomic mass is 9.83. The minimum atomic E-state index is -0.950. The number of fused-ring (bicyclic) bond motifs is 2. The number of ether oxygens (including phenoxy) is 6. The van der Waals surface area contributed by atoms with Gasteiger partial charge in [-0.05, 0) is 28.8 Å². The van der Waals surface area contributed by atoms with Gasteiger partial charge in [0.05, 0.1) is 26.9 Å². The maximum absolute atomic E-state index is 11.4. The van der Waals surface area contributed by atoms with E-state index in [2.05, 4.69) is 0 Å². The Balaban J connectivity index is 1.34. The Morgan fingerprint density at radius 3 is 1.56 bits per heavy atom. The van der Waals surface area contributed by atoms with E-state index in [0.717, 1.165) is 22.4 Å². The molecule has 1 heterocycles. The van der Waals surface area contributed by atoms with E-state index in [1.54, 1.807) is 7.11 Å². The molecule has 0 aromatic heterocycles. The summed E-state index contributed by atoms with van der Waals surface area (Å²) in [4.78, 5) is 0. The van der Waals surface area contributed by atoms with Crippen LogP contribution >= 0.6 is 0 Å². The molecule has 7 heteroatoms. The molecule has 1 aliphatic heterocycles. The minimum Gasteiger partial charge on any atom is -0.497 e. The molecule has 2 fully saturated rings. The largest absolute Gasteiger partial charge is 0.497 e. The quantitative estimate of drug-likeness (QED) is 0.461. The van der Waals surface area contributed by atoms with Crippen molar-refractivity contribution < 1.29 is 33.5 Å². The zero-order valence-corrected chi connectivity index (χ0v) is 20.3. The highest BCUT2D eigenvalue weighted by Gasteiger charge is 2.56. The van der Waals surface area contributed by atoms with Crippen LogP contribution in [-0.4, -0.2) is 55.6 Å². The van der Waals surface area contributed by atoms with E-state index >= 15 is 0 Å². The van der Waals surface area contributed by atoms with Crippen LogP contribution in [0.25, 0.3) is 0 Å². The van der Waals surface area contributed by atoms with Gasteiger partial charge >= 0.3 is 0 Å². The number of hydrogen-bond donors (Lipinski definition) is 1. The summed E-state index contributed by atoms with van der Waals surface area (Å²) in [6.07, 6.45) is -3.73. The second-order valence-electron chi connectivity index (χ2n) is 9.02. The Hall–Kier alpha value is -2.78. The molecule has 36 heavy (non-hydrogen) atoms. The van der Waals surface area contributed by atoms with Crippen LogP contribution in [0.1, 0.15) is 16.7 Å². The second-order valence-corrected chi connectivity index (χ2v) is 9.02. The van der Waals surface area contributed by atoms with E-state index in [-0.39, 0.29) is 6.79 Å². The van der Waals surface area contributed by atoms with Crippen LogP contribution in [0.5, 0.6) is 5.75 Å². The van der Waals surface area contributed by atoms with Crippen LogP contribution < -0.4 is 4.74 Å². The molecule has 3 aromatic carbocycles. The number of aliphatic hydroxyl groups is 1. The minimum absolute atomic E-state index is 0.0842. The van der Waals surface area contributed by atoms with Crippen molar-refractivity contribution >= 4 is 0 Å². The second kappa shape index (κ2) is 12.0. The molecular weight excluding hydrogens is 460 g/mol. The molecule has 0 radical (unpaired) electrons. The first-order chi connectivity index (χ1) is 17.7. The zero-order valence-electron chi connectivity index (χ0n) is 20.3. The Morgan fingerprint density at radius 1 is 0.639 bits per heavy atom. The Kier molecular flexibility index (Phi) is 8.28. The first-order valence-electron chi connectivity index (χ1n) is 12.2. The highest BCUT2D eigenvalue weighted by molar-refractivity contribution is 5.26. The fourth-order valence-corrected chi connectivity index (χ4v) is 4.74. The maximum atomic E-state index is 11.4. The number of benzene rings is 3. The van der Waals surface area contributed by atoms with Gasteiger partial charge in [-0.2, -0.15) is 0 Å². The summed E-state index contributed by atoms with van der Waals surface area (Å²) in [6, 6.07) is 27.4. The predicted octanol–water partition coefficient (Wildman–Crippen LogP) is 3.87. The van der Waals surface area contributed by atoms with Crippen LogP contribution in [0.2, 0.25) is 0 Å². The summed E-state index contributed by atoms with van der Waals surface area (Å²) in [7, 11) is 1.64. The Morgan fingerprint density at radius 2 is 1.08 bits per heavy atom. The molecule has 2 bridgehead atoms. The highest BCUT2D eigenvalue weighted by Crippen LogP contribution is 2.36. The van der Waals surface area contributed by atoms with Gasteiger partial charge < -0.3 is 33.5 Å². The van der Waals surface area contributed by atoms with Crippen LogP contribution in [-0.2, 0) is 43.5 Å². The third-order valence-electron chi connectivity index (χ3n) is 6.66. The van der Waals surface area contributed by atoms with Crippen molar-refractivity contribution in [1.82, 2.24) is 0 Å². The van der Waals surface area contributed by atoms with E-state index in [1.165, 1.54) is 0 Å². The van der Waals surface area contributed by atoms with Crippen LogP contribution in [0.3, 0.4) is 0 Å². The van der Waals surface area contributed by atoms with Gasteiger partial charge in [0.15, 0.2) is 0 Å². The van der Waals surface area contributed by atoms with Gasteiger partial charge in [0, 0.05) is 0 Å². The molecule has 0 amide bonds. The first-order valence-corrected chi connectivity index (χ1v) is 12.2. The molecule has 3 aromatic rings. The monoisotopic (exact) mass is 492 g/mol. The molecule has 2 unspecified atom stereocenters.